The minimum absolute atomic E-state index is 0.473. The number of aromatic nitrogens is 3. The molecule has 3 rings (SSSR count). The highest BCUT2D eigenvalue weighted by molar-refractivity contribution is 9.10. The third-order valence-corrected chi connectivity index (χ3v) is 5.16. The number of hydrogen-bond donors (Lipinski definition) is 1. The van der Waals surface area contributed by atoms with E-state index in [1.165, 1.54) is 16.4 Å². The largest absolute Gasteiger partial charge is 0.493 e. The molecule has 5 nitrogen and oxygen atoms in total. The van der Waals surface area contributed by atoms with E-state index in [0.717, 1.165) is 10.2 Å². The normalized spacial score (nSPS) is 10.8. The van der Waals surface area contributed by atoms with E-state index in [9.17, 15) is 0 Å². The van der Waals surface area contributed by atoms with Crippen LogP contribution in [0, 0.1) is 0 Å². The molecule has 0 spiro atoms. The molecule has 25 heavy (non-hydrogen) atoms. The molecule has 3 aromatic rings. The van der Waals surface area contributed by atoms with E-state index in [4.69, 9.17) is 33.8 Å². The van der Waals surface area contributed by atoms with Crippen molar-refractivity contribution in [2.75, 3.05) is 18.2 Å². The van der Waals surface area contributed by atoms with Crippen molar-refractivity contribution in [3.63, 3.8) is 0 Å². The van der Waals surface area contributed by atoms with Gasteiger partial charge in [-0.2, -0.15) is 0 Å². The fourth-order valence-corrected chi connectivity index (χ4v) is 3.62. The van der Waals surface area contributed by atoms with Crippen molar-refractivity contribution < 1.29 is 4.74 Å². The van der Waals surface area contributed by atoms with Crippen LogP contribution in [0.1, 0.15) is 0 Å². The number of ether oxygens (including phenoxy) is 1. The number of rotatable bonds is 6. The summed E-state index contributed by atoms with van der Waals surface area (Å²) in [5, 5.41) is 9.84. The first-order valence-corrected chi connectivity index (χ1v) is 9.75. The molecule has 0 saturated carbocycles. The molecule has 0 amide bonds. The third-order valence-electron chi connectivity index (χ3n) is 3.22. The molecule has 0 aliphatic rings. The second-order valence-corrected chi connectivity index (χ2v) is 7.78. The second kappa shape index (κ2) is 8.31. The predicted octanol–water partition coefficient (Wildman–Crippen LogP) is 4.90. The van der Waals surface area contributed by atoms with Crippen LogP contribution in [0.25, 0.3) is 11.4 Å². The van der Waals surface area contributed by atoms with Crippen LogP contribution in [0.2, 0.25) is 10.0 Å². The Morgan fingerprint density at radius 2 is 2.00 bits per heavy atom. The fraction of sp³-hybridized carbons (Fsp3) is 0.125. The maximum absolute atomic E-state index is 6.20. The molecule has 1 aromatic heterocycles. The first-order valence-electron chi connectivity index (χ1n) is 7.21. The van der Waals surface area contributed by atoms with Crippen molar-refractivity contribution in [3.05, 3.63) is 57.0 Å². The minimum atomic E-state index is 0.473. The Labute approximate surface area is 167 Å². The summed E-state index contributed by atoms with van der Waals surface area (Å²) >= 11 is 17.0. The lowest BCUT2D eigenvalue weighted by Gasteiger charge is -2.07. The van der Waals surface area contributed by atoms with Gasteiger partial charge < -0.3 is 10.6 Å². The first kappa shape index (κ1) is 18.4. The van der Waals surface area contributed by atoms with Crippen molar-refractivity contribution in [2.24, 2.45) is 0 Å². The minimum Gasteiger partial charge on any atom is -0.493 e. The van der Waals surface area contributed by atoms with E-state index in [2.05, 4.69) is 26.1 Å². The van der Waals surface area contributed by atoms with Crippen molar-refractivity contribution in [3.8, 4) is 17.1 Å². The Morgan fingerprint density at radius 3 is 2.76 bits per heavy atom. The molecule has 9 heteroatoms. The maximum atomic E-state index is 6.20. The molecule has 0 fully saturated rings. The molecule has 1 heterocycles. The summed E-state index contributed by atoms with van der Waals surface area (Å²) in [4.78, 5) is 0. The third kappa shape index (κ3) is 4.61. The van der Waals surface area contributed by atoms with Crippen LogP contribution < -0.4 is 10.6 Å². The SMILES string of the molecule is Nn1c(SCCOc2cccc(Br)c2)nnc1-c1ccc(Cl)cc1Cl. The quantitative estimate of drug-likeness (QED) is 0.322. The highest BCUT2D eigenvalue weighted by atomic mass is 79.9. The van der Waals surface area contributed by atoms with Crippen molar-refractivity contribution in [2.45, 2.75) is 5.16 Å². The van der Waals surface area contributed by atoms with Crippen LogP contribution in [0.5, 0.6) is 5.75 Å². The Kier molecular flexibility index (Phi) is 6.11. The smallest absolute Gasteiger partial charge is 0.210 e. The lowest BCUT2D eigenvalue weighted by atomic mass is 10.2. The van der Waals surface area contributed by atoms with E-state index in [-0.39, 0.29) is 0 Å². The van der Waals surface area contributed by atoms with Gasteiger partial charge >= 0.3 is 0 Å². The summed E-state index contributed by atoms with van der Waals surface area (Å²) in [5.74, 6) is 8.05. The van der Waals surface area contributed by atoms with Gasteiger partial charge in [-0.15, -0.1) is 10.2 Å². The van der Waals surface area contributed by atoms with Crippen LogP contribution in [0.3, 0.4) is 0 Å². The van der Waals surface area contributed by atoms with Gasteiger partial charge in [0.05, 0.1) is 11.6 Å². The average Bonchev–Trinajstić information content (AvgIpc) is 2.93. The molecule has 0 atom stereocenters. The number of thioether (sulfide) groups is 1. The van der Waals surface area contributed by atoms with Crippen LogP contribution in [-0.2, 0) is 0 Å². The van der Waals surface area contributed by atoms with Crippen LogP contribution in [-0.4, -0.2) is 27.2 Å². The summed E-state index contributed by atoms with van der Waals surface area (Å²) in [6.07, 6.45) is 0. The highest BCUT2D eigenvalue weighted by Crippen LogP contribution is 2.30. The van der Waals surface area contributed by atoms with Gasteiger partial charge in [-0.1, -0.05) is 57.0 Å². The Bertz CT molecular complexity index is 890. The summed E-state index contributed by atoms with van der Waals surface area (Å²) < 4.78 is 8.08. The van der Waals surface area contributed by atoms with Gasteiger partial charge in [0.2, 0.25) is 5.16 Å². The Hall–Kier alpha value is -1.41. The summed E-state index contributed by atoms with van der Waals surface area (Å²) in [6, 6.07) is 12.8. The maximum Gasteiger partial charge on any atom is 0.210 e. The number of nitrogens with zero attached hydrogens (tertiary/aromatic N) is 3. The van der Waals surface area contributed by atoms with Crippen LogP contribution in [0.4, 0.5) is 0 Å². The van der Waals surface area contributed by atoms with Gasteiger partial charge in [0.1, 0.15) is 5.75 Å². The Morgan fingerprint density at radius 1 is 1.16 bits per heavy atom. The zero-order valence-electron chi connectivity index (χ0n) is 12.8. The van der Waals surface area contributed by atoms with Crippen LogP contribution in [0.15, 0.2) is 52.1 Å². The van der Waals surface area contributed by atoms with E-state index in [0.29, 0.717) is 38.9 Å². The van der Waals surface area contributed by atoms with Crippen LogP contribution >= 0.6 is 50.9 Å². The number of halogens is 3. The lowest BCUT2D eigenvalue weighted by molar-refractivity contribution is 0.343. The average molecular weight is 460 g/mol. The zero-order chi connectivity index (χ0) is 17.8. The molecule has 2 N–H and O–H groups in total. The van der Waals surface area contributed by atoms with Gasteiger partial charge in [-0.25, -0.2) is 4.68 Å². The number of benzene rings is 2. The second-order valence-electron chi connectivity index (χ2n) is 4.95. The molecule has 0 saturated heterocycles. The molecule has 0 radical (unpaired) electrons. The molecule has 0 aliphatic carbocycles. The van der Waals surface area contributed by atoms with E-state index in [1.807, 2.05) is 24.3 Å². The van der Waals surface area contributed by atoms with Crippen molar-refractivity contribution in [1.82, 2.24) is 14.9 Å². The zero-order valence-corrected chi connectivity index (χ0v) is 16.7. The predicted molar refractivity (Wildman–Crippen MR) is 106 cm³/mol. The number of nitrogen functional groups attached to an aromatic ring is 1. The molecule has 0 unspecified atom stereocenters. The van der Waals surface area contributed by atoms with Gasteiger partial charge in [0.25, 0.3) is 0 Å². The van der Waals surface area contributed by atoms with Crippen molar-refractivity contribution >= 4 is 50.9 Å². The topological polar surface area (TPSA) is 66.0 Å². The van der Waals surface area contributed by atoms with Gasteiger partial charge in [-0.05, 0) is 36.4 Å². The molecule has 0 aliphatic heterocycles. The monoisotopic (exact) mass is 458 g/mol. The number of nitrogens with two attached hydrogens (primary N) is 1. The lowest BCUT2D eigenvalue weighted by Crippen LogP contribution is -2.12. The Balaban J connectivity index is 1.62. The van der Waals surface area contributed by atoms with E-state index in [1.54, 1.807) is 18.2 Å². The molecule has 130 valence electrons. The van der Waals surface area contributed by atoms with E-state index >= 15 is 0 Å². The summed E-state index contributed by atoms with van der Waals surface area (Å²) in [6.45, 7) is 0.519. The van der Waals surface area contributed by atoms with Gasteiger partial charge in [-0.3, -0.25) is 0 Å². The molecular weight excluding hydrogens is 447 g/mol. The molecule has 0 bridgehead atoms. The first-order chi connectivity index (χ1) is 12.0. The summed E-state index contributed by atoms with van der Waals surface area (Å²) in [5.41, 5.74) is 0.679. The van der Waals surface area contributed by atoms with Gasteiger partial charge in [0, 0.05) is 20.8 Å². The van der Waals surface area contributed by atoms with Crippen molar-refractivity contribution in [1.29, 1.82) is 0 Å². The van der Waals surface area contributed by atoms with Gasteiger partial charge in [0.15, 0.2) is 5.82 Å². The number of hydrogen-bond acceptors (Lipinski definition) is 5. The highest BCUT2D eigenvalue weighted by Gasteiger charge is 2.15. The molecular formula is C16H13BrCl2N4OS. The standard InChI is InChI=1S/C16H13BrCl2N4OS/c17-10-2-1-3-12(8-10)24-6-7-25-16-22-21-15(23(16)20)13-5-4-11(18)9-14(13)19/h1-5,8-9H,6-7,20H2. The summed E-state index contributed by atoms with van der Waals surface area (Å²) in [7, 11) is 0. The fourth-order valence-electron chi connectivity index (χ4n) is 2.08. The molecule has 2 aromatic carbocycles. The van der Waals surface area contributed by atoms with E-state index < -0.39 is 0 Å².